The van der Waals surface area contributed by atoms with Crippen molar-refractivity contribution in [2.45, 2.75) is 11.7 Å². The van der Waals surface area contributed by atoms with Gasteiger partial charge >= 0.3 is 5.97 Å². The van der Waals surface area contributed by atoms with Gasteiger partial charge in [-0.1, -0.05) is 11.8 Å². The highest BCUT2D eigenvalue weighted by atomic mass is 32.2. The van der Waals surface area contributed by atoms with Crippen LogP contribution in [-0.2, 0) is 9.59 Å². The maximum Gasteiger partial charge on any atom is 0.305 e. The zero-order chi connectivity index (χ0) is 17.0. The molecule has 10 heteroatoms. The number of carbonyl (C=O) groups excluding carboxylic acids is 1. The minimum absolute atomic E-state index is 0.0518. The number of amidine groups is 1. The lowest BCUT2D eigenvalue weighted by molar-refractivity contribution is -0.138. The Kier molecular flexibility index (Phi) is 5.27. The van der Waals surface area contributed by atoms with Crippen LogP contribution in [0, 0.1) is 11.6 Å². The number of carbonyl (C=O) groups is 2. The number of methoxy groups -OCH3 is 1. The van der Waals surface area contributed by atoms with Crippen LogP contribution in [0.15, 0.2) is 22.3 Å². The SMILES string of the molecule is COc1c(F)ccc(C=NN=C2NC(=O)C(CC(=O)O)S2)c1F. The minimum atomic E-state index is -1.11. The monoisotopic (exact) mass is 343 g/mol. The fraction of sp³-hybridized carbons (Fsp3) is 0.231. The van der Waals surface area contributed by atoms with E-state index in [1.54, 1.807) is 0 Å². The summed E-state index contributed by atoms with van der Waals surface area (Å²) in [6.07, 6.45) is 0.685. The molecule has 1 aliphatic heterocycles. The second-order valence-electron chi connectivity index (χ2n) is 4.33. The van der Waals surface area contributed by atoms with Crippen molar-refractivity contribution >= 4 is 35.0 Å². The molecule has 0 radical (unpaired) electrons. The number of rotatable bonds is 5. The number of nitrogens with one attached hydrogen (secondary N) is 1. The Morgan fingerprint density at radius 2 is 2.26 bits per heavy atom. The van der Waals surface area contributed by atoms with Gasteiger partial charge in [-0.3, -0.25) is 9.59 Å². The normalized spacial score (nSPS) is 19.3. The van der Waals surface area contributed by atoms with Gasteiger partial charge in [-0.2, -0.15) is 5.10 Å². The van der Waals surface area contributed by atoms with Gasteiger partial charge in [0.25, 0.3) is 0 Å². The van der Waals surface area contributed by atoms with Gasteiger partial charge in [-0.05, 0) is 12.1 Å². The first kappa shape index (κ1) is 16.9. The lowest BCUT2D eigenvalue weighted by Gasteiger charge is -2.04. The molecule has 1 amide bonds. The quantitative estimate of drug-likeness (QED) is 0.621. The number of aliphatic carboxylic acids is 1. The molecule has 0 bridgehead atoms. The summed E-state index contributed by atoms with van der Waals surface area (Å²) in [6, 6.07) is 2.18. The van der Waals surface area contributed by atoms with E-state index < -0.39 is 34.5 Å². The predicted octanol–water partition coefficient (Wildman–Crippen LogP) is 1.37. The summed E-state index contributed by atoms with van der Waals surface area (Å²) < 4.78 is 31.7. The van der Waals surface area contributed by atoms with Gasteiger partial charge in [-0.15, -0.1) is 5.10 Å². The largest absolute Gasteiger partial charge is 0.491 e. The number of hydrogen-bond acceptors (Lipinski definition) is 6. The number of nitrogens with zero attached hydrogens (tertiary/aromatic N) is 2. The highest BCUT2D eigenvalue weighted by molar-refractivity contribution is 8.15. The molecule has 1 aliphatic rings. The van der Waals surface area contributed by atoms with Crippen LogP contribution in [0.3, 0.4) is 0 Å². The second kappa shape index (κ2) is 7.18. The summed E-state index contributed by atoms with van der Waals surface area (Å²) in [5.74, 6) is -3.90. The molecule has 1 fully saturated rings. The summed E-state index contributed by atoms with van der Waals surface area (Å²) in [5.41, 5.74) is -0.0518. The van der Waals surface area contributed by atoms with Crippen molar-refractivity contribution < 1.29 is 28.2 Å². The first-order valence-corrected chi connectivity index (χ1v) is 7.12. The molecule has 1 atom stereocenters. The molecule has 23 heavy (non-hydrogen) atoms. The van der Waals surface area contributed by atoms with E-state index in [0.29, 0.717) is 0 Å². The van der Waals surface area contributed by atoms with Crippen LogP contribution in [0.1, 0.15) is 12.0 Å². The van der Waals surface area contributed by atoms with Crippen molar-refractivity contribution in [3.8, 4) is 5.75 Å². The molecule has 1 aromatic carbocycles. The van der Waals surface area contributed by atoms with E-state index in [0.717, 1.165) is 37.2 Å². The Hall–Kier alpha value is -2.49. The van der Waals surface area contributed by atoms with Gasteiger partial charge in [0.1, 0.15) is 5.25 Å². The Balaban J connectivity index is 2.10. The molecule has 0 aromatic heterocycles. The Labute approximate surface area is 133 Å². The standard InChI is InChI=1S/C13H11F2N3O4S/c1-22-11-7(14)3-2-6(10(11)15)5-16-18-13-17-12(21)8(23-13)4-9(19)20/h2-3,5,8H,4H2,1H3,(H,19,20)(H,17,18,21). The van der Waals surface area contributed by atoms with E-state index in [1.807, 2.05) is 0 Å². The first-order chi connectivity index (χ1) is 10.9. The third-order valence-corrected chi connectivity index (χ3v) is 3.84. The van der Waals surface area contributed by atoms with Crippen molar-refractivity contribution in [2.24, 2.45) is 10.2 Å². The number of benzene rings is 1. The summed E-state index contributed by atoms with van der Waals surface area (Å²) in [7, 11) is 1.13. The van der Waals surface area contributed by atoms with Gasteiger partial charge in [0.2, 0.25) is 5.91 Å². The molecule has 0 aliphatic carbocycles. The van der Waals surface area contributed by atoms with Crippen molar-refractivity contribution in [1.29, 1.82) is 0 Å². The molecule has 7 nitrogen and oxygen atoms in total. The molecule has 1 saturated heterocycles. The number of ether oxygens (including phenoxy) is 1. The number of carboxylic acids is 1. The van der Waals surface area contributed by atoms with E-state index in [9.17, 15) is 18.4 Å². The molecular formula is C13H11F2N3O4S. The summed E-state index contributed by atoms with van der Waals surface area (Å²) in [5, 5.41) is 17.6. The molecule has 1 aromatic rings. The van der Waals surface area contributed by atoms with Crippen LogP contribution < -0.4 is 10.1 Å². The van der Waals surface area contributed by atoms with E-state index in [2.05, 4.69) is 20.3 Å². The predicted molar refractivity (Wildman–Crippen MR) is 79.7 cm³/mol. The maximum atomic E-state index is 13.9. The third kappa shape index (κ3) is 4.03. The second-order valence-corrected chi connectivity index (χ2v) is 5.52. The number of amides is 1. The van der Waals surface area contributed by atoms with Crippen LogP contribution in [0.5, 0.6) is 5.75 Å². The smallest absolute Gasteiger partial charge is 0.305 e. The third-order valence-electron chi connectivity index (χ3n) is 2.76. The average Bonchev–Trinajstić information content (AvgIpc) is 2.81. The minimum Gasteiger partial charge on any atom is -0.491 e. The molecule has 0 spiro atoms. The Bertz CT molecular complexity index is 709. The van der Waals surface area contributed by atoms with Gasteiger partial charge in [0.15, 0.2) is 22.6 Å². The molecular weight excluding hydrogens is 332 g/mol. The molecule has 2 N–H and O–H groups in total. The van der Waals surface area contributed by atoms with E-state index >= 15 is 0 Å². The van der Waals surface area contributed by atoms with Crippen molar-refractivity contribution in [2.75, 3.05) is 7.11 Å². The lowest BCUT2D eigenvalue weighted by Crippen LogP contribution is -2.26. The maximum absolute atomic E-state index is 13.9. The summed E-state index contributed by atoms with van der Waals surface area (Å²) in [6.45, 7) is 0. The highest BCUT2D eigenvalue weighted by Crippen LogP contribution is 2.24. The van der Waals surface area contributed by atoms with Crippen molar-refractivity contribution in [1.82, 2.24) is 5.32 Å². The fourth-order valence-electron chi connectivity index (χ4n) is 1.72. The van der Waals surface area contributed by atoms with Gasteiger partial charge in [-0.25, -0.2) is 8.78 Å². The van der Waals surface area contributed by atoms with Crippen LogP contribution >= 0.6 is 11.8 Å². The van der Waals surface area contributed by atoms with E-state index in [1.165, 1.54) is 0 Å². The zero-order valence-corrected chi connectivity index (χ0v) is 12.6. The summed E-state index contributed by atoms with van der Waals surface area (Å²) in [4.78, 5) is 22.1. The molecule has 2 rings (SSSR count). The summed E-state index contributed by atoms with van der Waals surface area (Å²) >= 11 is 0.913. The first-order valence-electron chi connectivity index (χ1n) is 6.24. The number of carboxylic acid groups (broad SMARTS) is 1. The highest BCUT2D eigenvalue weighted by Gasteiger charge is 2.32. The number of thioether (sulfide) groups is 1. The molecule has 122 valence electrons. The van der Waals surface area contributed by atoms with Gasteiger partial charge < -0.3 is 15.2 Å². The molecule has 1 heterocycles. The Morgan fingerprint density at radius 3 is 2.91 bits per heavy atom. The molecule has 0 saturated carbocycles. The van der Waals surface area contributed by atoms with E-state index in [4.69, 9.17) is 5.11 Å². The zero-order valence-electron chi connectivity index (χ0n) is 11.7. The van der Waals surface area contributed by atoms with Gasteiger partial charge in [0.05, 0.1) is 19.7 Å². The van der Waals surface area contributed by atoms with Crippen molar-refractivity contribution in [3.05, 3.63) is 29.3 Å². The van der Waals surface area contributed by atoms with Crippen LogP contribution in [0.25, 0.3) is 0 Å². The van der Waals surface area contributed by atoms with Crippen LogP contribution in [0.4, 0.5) is 8.78 Å². The Morgan fingerprint density at radius 1 is 1.52 bits per heavy atom. The van der Waals surface area contributed by atoms with Crippen LogP contribution in [-0.4, -0.2) is 40.7 Å². The average molecular weight is 343 g/mol. The number of hydrogen-bond donors (Lipinski definition) is 2. The van der Waals surface area contributed by atoms with E-state index in [-0.39, 0.29) is 17.2 Å². The van der Waals surface area contributed by atoms with Crippen molar-refractivity contribution in [3.63, 3.8) is 0 Å². The topological polar surface area (TPSA) is 100 Å². The lowest BCUT2D eigenvalue weighted by atomic mass is 10.2. The van der Waals surface area contributed by atoms with Gasteiger partial charge in [0, 0.05) is 5.56 Å². The molecule has 1 unspecified atom stereocenters. The van der Waals surface area contributed by atoms with Crippen LogP contribution in [0.2, 0.25) is 0 Å². The fourth-order valence-corrected chi connectivity index (χ4v) is 2.64. The number of halogens is 2.